The largest absolute Gasteiger partial charge is 0.351 e. The predicted octanol–water partition coefficient (Wildman–Crippen LogP) is 5.57. The third-order valence-electron chi connectivity index (χ3n) is 5.78. The summed E-state index contributed by atoms with van der Waals surface area (Å²) in [7, 11) is 0. The fraction of sp³-hybridized carbons (Fsp3) is 0.269. The number of hydrogen-bond donors (Lipinski definition) is 1. The zero-order chi connectivity index (χ0) is 22.3. The molecule has 1 aromatic heterocycles. The maximum atomic E-state index is 13.7. The Hall–Kier alpha value is -3.18. The molecule has 1 aliphatic rings. The van der Waals surface area contributed by atoms with E-state index in [1.165, 1.54) is 11.3 Å². The Morgan fingerprint density at radius 1 is 0.906 bits per heavy atom. The number of anilines is 1. The van der Waals surface area contributed by atoms with Crippen LogP contribution in [0.1, 0.15) is 54.2 Å². The Balaban J connectivity index is 1.77. The lowest BCUT2D eigenvalue weighted by molar-refractivity contribution is -0.123. The van der Waals surface area contributed by atoms with Gasteiger partial charge in [0.1, 0.15) is 11.7 Å². The van der Waals surface area contributed by atoms with Crippen LogP contribution in [0.15, 0.2) is 79.0 Å². The van der Waals surface area contributed by atoms with E-state index in [9.17, 15) is 9.59 Å². The highest BCUT2D eigenvalue weighted by Gasteiger charge is 2.35. The molecule has 1 N–H and O–H groups in total. The van der Waals surface area contributed by atoms with Crippen molar-refractivity contribution in [3.8, 4) is 0 Å². The van der Waals surface area contributed by atoms with E-state index in [4.69, 9.17) is 11.6 Å². The second-order valence-corrected chi connectivity index (χ2v) is 8.46. The van der Waals surface area contributed by atoms with Crippen molar-refractivity contribution in [1.29, 1.82) is 0 Å². The lowest BCUT2D eigenvalue weighted by atomic mass is 9.94. The zero-order valence-electron chi connectivity index (χ0n) is 17.8. The number of pyridine rings is 1. The molecule has 0 unspecified atom stereocenters. The molecule has 3 aromatic rings. The highest BCUT2D eigenvalue weighted by atomic mass is 35.5. The van der Waals surface area contributed by atoms with Crippen LogP contribution in [0, 0.1) is 0 Å². The zero-order valence-corrected chi connectivity index (χ0v) is 18.5. The average molecular weight is 448 g/mol. The summed E-state index contributed by atoms with van der Waals surface area (Å²) in [6, 6.07) is 20.8. The molecule has 0 spiro atoms. The first-order valence-corrected chi connectivity index (χ1v) is 11.4. The van der Waals surface area contributed by atoms with Gasteiger partial charge >= 0.3 is 0 Å². The highest BCUT2D eigenvalue weighted by molar-refractivity contribution is 6.30. The van der Waals surface area contributed by atoms with Crippen LogP contribution in [0.2, 0.25) is 5.02 Å². The molecule has 0 radical (unpaired) electrons. The molecule has 2 aromatic carbocycles. The van der Waals surface area contributed by atoms with E-state index in [1.807, 2.05) is 30.3 Å². The summed E-state index contributed by atoms with van der Waals surface area (Å²) in [6.07, 6.45) is 6.91. The van der Waals surface area contributed by atoms with Gasteiger partial charge in [-0.15, -0.1) is 0 Å². The summed E-state index contributed by atoms with van der Waals surface area (Å²) in [5, 5.41) is 3.76. The van der Waals surface area contributed by atoms with Gasteiger partial charge in [0, 0.05) is 22.9 Å². The number of benzene rings is 2. The van der Waals surface area contributed by atoms with E-state index in [2.05, 4.69) is 10.3 Å². The summed E-state index contributed by atoms with van der Waals surface area (Å²) in [6.45, 7) is 0. The Labute approximate surface area is 193 Å². The fourth-order valence-corrected chi connectivity index (χ4v) is 4.30. The molecular weight excluding hydrogens is 422 g/mol. The first kappa shape index (κ1) is 22.0. The molecule has 1 fully saturated rings. The predicted molar refractivity (Wildman–Crippen MR) is 127 cm³/mol. The van der Waals surface area contributed by atoms with Crippen LogP contribution < -0.4 is 10.2 Å². The van der Waals surface area contributed by atoms with Crippen molar-refractivity contribution in [3.63, 3.8) is 0 Å². The Morgan fingerprint density at radius 3 is 2.25 bits per heavy atom. The van der Waals surface area contributed by atoms with Crippen LogP contribution in [0.5, 0.6) is 0 Å². The van der Waals surface area contributed by atoms with Gasteiger partial charge < -0.3 is 5.32 Å². The van der Waals surface area contributed by atoms with Gasteiger partial charge in [-0.1, -0.05) is 67.3 Å². The van der Waals surface area contributed by atoms with E-state index in [1.54, 1.807) is 48.7 Å². The lowest BCUT2D eigenvalue weighted by Gasteiger charge is -2.33. The second-order valence-electron chi connectivity index (χ2n) is 8.02. The molecular formula is C26H26ClN3O2. The molecule has 5 nitrogen and oxygen atoms in total. The van der Waals surface area contributed by atoms with E-state index in [0.29, 0.717) is 10.7 Å². The number of nitrogens with zero attached hydrogens (tertiary/aromatic N) is 2. The normalized spacial score (nSPS) is 15.0. The second kappa shape index (κ2) is 10.4. The van der Waals surface area contributed by atoms with E-state index in [-0.39, 0.29) is 23.6 Å². The van der Waals surface area contributed by atoms with Crippen LogP contribution in [-0.4, -0.2) is 22.8 Å². The van der Waals surface area contributed by atoms with Gasteiger partial charge in [0.2, 0.25) is 5.91 Å². The molecule has 4 rings (SSSR count). The van der Waals surface area contributed by atoms with Crippen LogP contribution in [0.3, 0.4) is 0 Å². The van der Waals surface area contributed by atoms with Crippen molar-refractivity contribution in [2.24, 2.45) is 0 Å². The number of nitrogens with one attached hydrogen (secondary N) is 1. The maximum absolute atomic E-state index is 13.7. The van der Waals surface area contributed by atoms with Gasteiger partial charge in [-0.2, -0.15) is 0 Å². The molecule has 164 valence electrons. The average Bonchev–Trinajstić information content (AvgIpc) is 2.84. The third-order valence-corrected chi connectivity index (χ3v) is 6.03. The highest BCUT2D eigenvalue weighted by Crippen LogP contribution is 2.31. The minimum atomic E-state index is -0.839. The number of hydrogen-bond acceptors (Lipinski definition) is 3. The van der Waals surface area contributed by atoms with Crippen molar-refractivity contribution in [2.45, 2.75) is 44.2 Å². The first-order chi connectivity index (χ1) is 15.6. The van der Waals surface area contributed by atoms with Crippen LogP contribution in [0.25, 0.3) is 0 Å². The van der Waals surface area contributed by atoms with Gasteiger partial charge in [-0.3, -0.25) is 19.5 Å². The topological polar surface area (TPSA) is 62.3 Å². The number of aromatic nitrogens is 1. The minimum absolute atomic E-state index is 0.125. The lowest BCUT2D eigenvalue weighted by Crippen LogP contribution is -2.47. The molecule has 1 heterocycles. The third kappa shape index (κ3) is 5.17. The standard InChI is InChI=1S/C26H26ClN3O2/c27-20-14-16-22(17-15-20)30(26(32)23-13-7-8-18-28-23)24(19-9-3-1-4-10-19)25(31)29-21-11-5-2-6-12-21/h1,3-4,7-10,13-18,21,24H,2,5-6,11-12H2,(H,29,31)/t24-/m1/s1. The van der Waals surface area contributed by atoms with Crippen molar-refractivity contribution < 1.29 is 9.59 Å². The SMILES string of the molecule is O=C(NC1CCCCC1)[C@@H](c1ccccc1)N(C(=O)c1ccccn1)c1ccc(Cl)cc1. The van der Waals surface area contributed by atoms with Crippen LogP contribution in [0.4, 0.5) is 5.69 Å². The molecule has 2 amide bonds. The van der Waals surface area contributed by atoms with Crippen LogP contribution in [-0.2, 0) is 4.79 Å². The molecule has 1 atom stereocenters. The van der Waals surface area contributed by atoms with E-state index in [0.717, 1.165) is 31.2 Å². The van der Waals surface area contributed by atoms with Crippen molar-refractivity contribution in [3.05, 3.63) is 95.3 Å². The van der Waals surface area contributed by atoms with E-state index >= 15 is 0 Å². The summed E-state index contributed by atoms with van der Waals surface area (Å²) in [5.41, 5.74) is 1.59. The van der Waals surface area contributed by atoms with Gasteiger partial charge in [0.15, 0.2) is 0 Å². The van der Waals surface area contributed by atoms with E-state index < -0.39 is 6.04 Å². The minimum Gasteiger partial charge on any atom is -0.351 e. The molecule has 0 aliphatic heterocycles. The molecule has 0 saturated heterocycles. The first-order valence-electron chi connectivity index (χ1n) is 11.0. The Kier molecular flexibility index (Phi) is 7.17. The monoisotopic (exact) mass is 447 g/mol. The maximum Gasteiger partial charge on any atom is 0.277 e. The number of amides is 2. The number of carbonyl (C=O) groups is 2. The van der Waals surface area contributed by atoms with Crippen molar-refractivity contribution >= 4 is 29.1 Å². The summed E-state index contributed by atoms with van der Waals surface area (Å²) >= 11 is 6.11. The van der Waals surface area contributed by atoms with Gasteiger partial charge in [0.05, 0.1) is 0 Å². The van der Waals surface area contributed by atoms with Gasteiger partial charge in [-0.25, -0.2) is 0 Å². The smallest absolute Gasteiger partial charge is 0.277 e. The van der Waals surface area contributed by atoms with Gasteiger partial charge in [0.25, 0.3) is 5.91 Å². The summed E-state index contributed by atoms with van der Waals surface area (Å²) < 4.78 is 0. The fourth-order valence-electron chi connectivity index (χ4n) is 4.18. The molecule has 1 saturated carbocycles. The van der Waals surface area contributed by atoms with Gasteiger partial charge in [-0.05, 0) is 54.8 Å². The van der Waals surface area contributed by atoms with Crippen molar-refractivity contribution in [1.82, 2.24) is 10.3 Å². The molecule has 0 bridgehead atoms. The summed E-state index contributed by atoms with van der Waals surface area (Å²) in [4.78, 5) is 33.1. The quantitative estimate of drug-likeness (QED) is 0.537. The number of rotatable bonds is 6. The molecule has 1 aliphatic carbocycles. The molecule has 32 heavy (non-hydrogen) atoms. The number of carbonyl (C=O) groups excluding carboxylic acids is 2. The molecule has 6 heteroatoms. The number of halogens is 1. The summed E-state index contributed by atoms with van der Waals surface area (Å²) in [5.74, 6) is -0.539. The Morgan fingerprint density at radius 2 is 1.59 bits per heavy atom. The van der Waals surface area contributed by atoms with Crippen LogP contribution >= 0.6 is 11.6 Å². The van der Waals surface area contributed by atoms with Crippen molar-refractivity contribution in [2.75, 3.05) is 4.90 Å². The Bertz CT molecular complexity index is 1040.